The Morgan fingerprint density at radius 3 is 2.53 bits per heavy atom. The van der Waals surface area contributed by atoms with Crippen LogP contribution in [0.4, 0.5) is 0 Å². The molecule has 15 heavy (non-hydrogen) atoms. The van der Waals surface area contributed by atoms with Crippen molar-refractivity contribution in [1.29, 1.82) is 0 Å². The minimum atomic E-state index is -0.157. The Morgan fingerprint density at radius 1 is 1.47 bits per heavy atom. The lowest BCUT2D eigenvalue weighted by Gasteiger charge is -2.17. The highest BCUT2D eigenvalue weighted by Gasteiger charge is 2.21. The van der Waals surface area contributed by atoms with Crippen LogP contribution in [0.1, 0.15) is 25.3 Å². The van der Waals surface area contributed by atoms with Gasteiger partial charge in [0.25, 0.3) is 0 Å². The highest BCUT2D eigenvalue weighted by Crippen LogP contribution is 2.32. The molecule has 0 saturated carbocycles. The fourth-order valence-corrected chi connectivity index (χ4v) is 2.71. The zero-order chi connectivity index (χ0) is 11.6. The van der Waals surface area contributed by atoms with Gasteiger partial charge >= 0.3 is 0 Å². The standard InChI is InChI=1S/C11H11Br2ClO/c1-6(11(13)7(2)15)9-4-3-8(14)5-10(9)12/h3-6,11H,1-2H3. The van der Waals surface area contributed by atoms with E-state index in [4.69, 9.17) is 11.6 Å². The molecule has 2 atom stereocenters. The average molecular weight is 354 g/mol. The molecule has 0 N–H and O–H groups in total. The molecule has 0 aliphatic carbocycles. The molecule has 0 aromatic heterocycles. The maximum absolute atomic E-state index is 11.2. The number of hydrogen-bond acceptors (Lipinski definition) is 1. The predicted molar refractivity (Wildman–Crippen MR) is 71.0 cm³/mol. The molecule has 2 unspecified atom stereocenters. The summed E-state index contributed by atoms with van der Waals surface area (Å²) < 4.78 is 0.938. The Kier molecular flexibility index (Phi) is 4.81. The van der Waals surface area contributed by atoms with Crippen molar-refractivity contribution in [3.05, 3.63) is 33.3 Å². The maximum atomic E-state index is 11.2. The van der Waals surface area contributed by atoms with E-state index in [1.165, 1.54) is 0 Å². The van der Waals surface area contributed by atoms with Crippen molar-refractivity contribution in [2.75, 3.05) is 0 Å². The molecule has 0 saturated heterocycles. The molecule has 1 rings (SSSR count). The molecule has 0 fully saturated rings. The normalized spacial score (nSPS) is 14.7. The molecule has 0 amide bonds. The van der Waals surface area contributed by atoms with E-state index in [0.29, 0.717) is 5.02 Å². The number of benzene rings is 1. The van der Waals surface area contributed by atoms with Crippen molar-refractivity contribution in [2.24, 2.45) is 0 Å². The summed E-state index contributed by atoms with van der Waals surface area (Å²) in [7, 11) is 0. The number of hydrogen-bond donors (Lipinski definition) is 0. The van der Waals surface area contributed by atoms with Gasteiger partial charge in [-0.05, 0) is 24.6 Å². The van der Waals surface area contributed by atoms with Crippen molar-refractivity contribution < 1.29 is 4.79 Å². The highest BCUT2D eigenvalue weighted by atomic mass is 79.9. The van der Waals surface area contributed by atoms with Gasteiger partial charge in [0, 0.05) is 15.4 Å². The molecular weight excluding hydrogens is 343 g/mol. The fraction of sp³-hybridized carbons (Fsp3) is 0.364. The van der Waals surface area contributed by atoms with Crippen LogP contribution in [0, 0.1) is 0 Å². The Bertz CT molecular complexity index is 379. The van der Waals surface area contributed by atoms with Crippen LogP contribution in [0.2, 0.25) is 5.02 Å². The third-order valence-electron chi connectivity index (χ3n) is 2.28. The summed E-state index contributed by atoms with van der Waals surface area (Å²) in [4.78, 5) is 11.1. The molecule has 0 heterocycles. The quantitative estimate of drug-likeness (QED) is 0.728. The summed E-state index contributed by atoms with van der Waals surface area (Å²) in [6.45, 7) is 3.59. The van der Waals surface area contributed by atoms with Gasteiger partial charge in [0.15, 0.2) is 0 Å². The molecular formula is C11H11Br2ClO. The second kappa shape index (κ2) is 5.46. The Balaban J connectivity index is 3.01. The van der Waals surface area contributed by atoms with Gasteiger partial charge in [-0.25, -0.2) is 0 Å². The van der Waals surface area contributed by atoms with Crippen molar-refractivity contribution >= 4 is 49.2 Å². The van der Waals surface area contributed by atoms with Gasteiger partial charge in [-0.1, -0.05) is 56.5 Å². The van der Waals surface area contributed by atoms with Gasteiger partial charge in [-0.2, -0.15) is 0 Å². The van der Waals surface area contributed by atoms with Gasteiger partial charge in [-0.3, -0.25) is 4.79 Å². The zero-order valence-corrected chi connectivity index (χ0v) is 12.4. The number of ketones is 1. The van der Waals surface area contributed by atoms with E-state index in [2.05, 4.69) is 31.9 Å². The minimum absolute atomic E-state index is 0.120. The number of carbonyl (C=O) groups excluding carboxylic acids is 1. The lowest BCUT2D eigenvalue weighted by atomic mass is 9.96. The lowest BCUT2D eigenvalue weighted by Crippen LogP contribution is -2.17. The van der Waals surface area contributed by atoms with Crippen LogP contribution in [0.3, 0.4) is 0 Å². The van der Waals surface area contributed by atoms with Crippen LogP contribution < -0.4 is 0 Å². The molecule has 0 radical (unpaired) electrons. The molecule has 1 aromatic carbocycles. The lowest BCUT2D eigenvalue weighted by molar-refractivity contribution is -0.116. The van der Waals surface area contributed by atoms with E-state index in [1.54, 1.807) is 6.92 Å². The summed E-state index contributed by atoms with van der Waals surface area (Å²) >= 11 is 12.7. The SMILES string of the molecule is CC(=O)C(Br)C(C)c1ccc(Cl)cc1Br. The topological polar surface area (TPSA) is 17.1 Å². The number of alkyl halides is 1. The first kappa shape index (κ1) is 13.2. The van der Waals surface area contributed by atoms with Crippen LogP contribution >= 0.6 is 43.5 Å². The summed E-state index contributed by atoms with van der Waals surface area (Å²) in [5.41, 5.74) is 1.08. The molecule has 4 heteroatoms. The van der Waals surface area contributed by atoms with Crippen LogP contribution in [-0.2, 0) is 4.79 Å². The predicted octanol–water partition coefficient (Wildman–Crippen LogP) is 4.56. The summed E-state index contributed by atoms with van der Waals surface area (Å²) in [6.07, 6.45) is 0. The van der Waals surface area contributed by atoms with Gasteiger partial charge in [-0.15, -0.1) is 0 Å². The van der Waals surface area contributed by atoms with Gasteiger partial charge in [0.05, 0.1) is 4.83 Å². The first-order chi connectivity index (χ1) is 6.93. The molecule has 1 aromatic rings. The zero-order valence-electron chi connectivity index (χ0n) is 8.43. The number of Topliss-reactive ketones (excluding diaryl/α,β-unsaturated/α-hetero) is 1. The Morgan fingerprint density at radius 2 is 2.07 bits per heavy atom. The van der Waals surface area contributed by atoms with Crippen molar-refractivity contribution in [3.8, 4) is 0 Å². The molecule has 1 nitrogen and oxygen atoms in total. The number of rotatable bonds is 3. The van der Waals surface area contributed by atoms with Crippen LogP contribution in [0.15, 0.2) is 22.7 Å². The molecule has 82 valence electrons. The van der Waals surface area contributed by atoms with E-state index >= 15 is 0 Å². The average Bonchev–Trinajstić information content (AvgIpc) is 2.15. The number of halogens is 3. The fourth-order valence-electron chi connectivity index (χ4n) is 1.38. The first-order valence-electron chi connectivity index (χ1n) is 4.53. The second-order valence-corrected chi connectivity index (χ2v) is 5.74. The summed E-state index contributed by atoms with van der Waals surface area (Å²) in [6, 6.07) is 5.61. The third kappa shape index (κ3) is 3.30. The molecule has 0 aliphatic rings. The van der Waals surface area contributed by atoms with Crippen LogP contribution in [-0.4, -0.2) is 10.6 Å². The molecule has 0 bridgehead atoms. The van der Waals surface area contributed by atoms with E-state index in [0.717, 1.165) is 10.0 Å². The number of carbonyl (C=O) groups is 1. The van der Waals surface area contributed by atoms with Crippen molar-refractivity contribution in [3.63, 3.8) is 0 Å². The monoisotopic (exact) mass is 352 g/mol. The first-order valence-corrected chi connectivity index (χ1v) is 6.61. The smallest absolute Gasteiger partial charge is 0.144 e. The molecule has 0 aliphatic heterocycles. The van der Waals surface area contributed by atoms with E-state index in [9.17, 15) is 4.79 Å². The molecule has 0 spiro atoms. The van der Waals surface area contributed by atoms with E-state index < -0.39 is 0 Å². The van der Waals surface area contributed by atoms with Gasteiger partial charge < -0.3 is 0 Å². The van der Waals surface area contributed by atoms with Crippen LogP contribution in [0.25, 0.3) is 0 Å². The summed E-state index contributed by atoms with van der Waals surface area (Å²) in [5.74, 6) is 0.249. The Hall–Kier alpha value is 0.140. The minimum Gasteiger partial charge on any atom is -0.299 e. The maximum Gasteiger partial charge on any atom is 0.144 e. The van der Waals surface area contributed by atoms with Gasteiger partial charge in [0.2, 0.25) is 0 Å². The van der Waals surface area contributed by atoms with Crippen molar-refractivity contribution in [1.82, 2.24) is 0 Å². The third-order valence-corrected chi connectivity index (χ3v) is 4.64. The second-order valence-electron chi connectivity index (χ2n) is 3.47. The van der Waals surface area contributed by atoms with E-state index in [-0.39, 0.29) is 16.5 Å². The van der Waals surface area contributed by atoms with Gasteiger partial charge in [0.1, 0.15) is 5.78 Å². The largest absolute Gasteiger partial charge is 0.299 e. The summed E-state index contributed by atoms with van der Waals surface area (Å²) in [5, 5.41) is 0.687. The van der Waals surface area contributed by atoms with E-state index in [1.807, 2.05) is 25.1 Å². The highest BCUT2D eigenvalue weighted by molar-refractivity contribution is 9.10. The van der Waals surface area contributed by atoms with Crippen molar-refractivity contribution in [2.45, 2.75) is 24.6 Å². The van der Waals surface area contributed by atoms with Crippen LogP contribution in [0.5, 0.6) is 0 Å². The Labute approximate surface area is 111 Å².